The molecule has 106 valence electrons. The highest BCUT2D eigenvalue weighted by atomic mass is 19.1. The average Bonchev–Trinajstić information content (AvgIpc) is 2.44. The standard InChI is InChI=1S/C16H23FO2/c1-4-12(3)15(17)11-8-13-6-9-14(10-7-13)16(18)19-5-2/h4,8,11,13-14H,1,5-7,9-10H2,2-3H3. The van der Waals surface area contributed by atoms with E-state index >= 15 is 0 Å². The third kappa shape index (κ3) is 5.01. The smallest absolute Gasteiger partial charge is 0.308 e. The van der Waals surface area contributed by atoms with E-state index in [2.05, 4.69) is 6.58 Å². The fraction of sp³-hybridized carbons (Fsp3) is 0.562. The van der Waals surface area contributed by atoms with E-state index in [0.717, 1.165) is 25.7 Å². The van der Waals surface area contributed by atoms with Crippen LogP contribution in [-0.4, -0.2) is 12.6 Å². The maximum absolute atomic E-state index is 13.5. The lowest BCUT2D eigenvalue weighted by Gasteiger charge is -2.25. The van der Waals surface area contributed by atoms with Gasteiger partial charge in [0.25, 0.3) is 0 Å². The number of ether oxygens (including phenoxy) is 1. The van der Waals surface area contributed by atoms with Gasteiger partial charge < -0.3 is 4.74 Å². The van der Waals surface area contributed by atoms with Gasteiger partial charge in [-0.3, -0.25) is 4.79 Å². The number of halogens is 1. The minimum atomic E-state index is -0.234. The molecule has 1 aliphatic rings. The molecule has 0 heterocycles. The van der Waals surface area contributed by atoms with Crippen molar-refractivity contribution in [2.45, 2.75) is 39.5 Å². The Labute approximate surface area is 115 Å². The molecule has 0 spiro atoms. The van der Waals surface area contributed by atoms with Crippen molar-refractivity contribution in [3.63, 3.8) is 0 Å². The minimum absolute atomic E-state index is 0.0277. The van der Waals surface area contributed by atoms with Crippen molar-refractivity contribution >= 4 is 5.97 Å². The third-order valence-corrected chi connectivity index (χ3v) is 3.59. The summed E-state index contributed by atoms with van der Waals surface area (Å²) in [6, 6.07) is 0. The summed E-state index contributed by atoms with van der Waals surface area (Å²) in [5.74, 6) is 0.0648. The van der Waals surface area contributed by atoms with Crippen LogP contribution >= 0.6 is 0 Å². The molecule has 0 unspecified atom stereocenters. The van der Waals surface area contributed by atoms with E-state index in [1.54, 1.807) is 6.92 Å². The maximum atomic E-state index is 13.5. The van der Waals surface area contributed by atoms with Crippen LogP contribution in [0.3, 0.4) is 0 Å². The molecule has 0 bridgehead atoms. The van der Waals surface area contributed by atoms with Crippen molar-refractivity contribution in [3.05, 3.63) is 36.2 Å². The molecule has 0 atom stereocenters. The molecule has 0 aromatic heterocycles. The quantitative estimate of drug-likeness (QED) is 0.546. The molecule has 0 aliphatic heterocycles. The van der Waals surface area contributed by atoms with Crippen molar-refractivity contribution in [1.82, 2.24) is 0 Å². The Morgan fingerprint density at radius 1 is 1.37 bits per heavy atom. The minimum Gasteiger partial charge on any atom is -0.466 e. The number of hydrogen-bond donors (Lipinski definition) is 0. The maximum Gasteiger partial charge on any atom is 0.308 e. The summed E-state index contributed by atoms with van der Waals surface area (Å²) in [5, 5.41) is 0. The lowest BCUT2D eigenvalue weighted by molar-refractivity contribution is -0.149. The summed E-state index contributed by atoms with van der Waals surface area (Å²) in [6.45, 7) is 7.50. The molecule has 1 aliphatic carbocycles. The van der Waals surface area contributed by atoms with Gasteiger partial charge >= 0.3 is 5.97 Å². The second-order valence-corrected chi connectivity index (χ2v) is 4.96. The molecule has 0 aromatic rings. The second-order valence-electron chi connectivity index (χ2n) is 4.96. The van der Waals surface area contributed by atoms with Crippen LogP contribution in [0, 0.1) is 11.8 Å². The molecule has 2 nitrogen and oxygen atoms in total. The molecule has 1 rings (SSSR count). The van der Waals surface area contributed by atoms with Gasteiger partial charge in [0.2, 0.25) is 0 Å². The van der Waals surface area contributed by atoms with Crippen LogP contribution in [-0.2, 0) is 9.53 Å². The zero-order chi connectivity index (χ0) is 14.3. The lowest BCUT2D eigenvalue weighted by Crippen LogP contribution is -2.23. The Hall–Kier alpha value is -1.38. The van der Waals surface area contributed by atoms with Crippen LogP contribution in [0.15, 0.2) is 36.2 Å². The Balaban J connectivity index is 2.44. The molecule has 1 fully saturated rings. The molecular formula is C16H23FO2. The number of esters is 1. The molecule has 19 heavy (non-hydrogen) atoms. The fourth-order valence-corrected chi connectivity index (χ4v) is 2.26. The number of allylic oxidation sites excluding steroid dienone is 5. The van der Waals surface area contributed by atoms with E-state index < -0.39 is 0 Å². The first kappa shape index (κ1) is 15.7. The van der Waals surface area contributed by atoms with E-state index in [-0.39, 0.29) is 17.7 Å². The van der Waals surface area contributed by atoms with Crippen LogP contribution in [0.2, 0.25) is 0 Å². The fourth-order valence-electron chi connectivity index (χ4n) is 2.26. The van der Waals surface area contributed by atoms with Crippen molar-refractivity contribution in [2.24, 2.45) is 11.8 Å². The van der Waals surface area contributed by atoms with Crippen LogP contribution < -0.4 is 0 Å². The normalized spacial score (nSPS) is 25.0. The summed E-state index contributed by atoms with van der Waals surface area (Å²) in [6.07, 6.45) is 8.44. The molecule has 0 N–H and O–H groups in total. The monoisotopic (exact) mass is 266 g/mol. The summed E-state index contributed by atoms with van der Waals surface area (Å²) >= 11 is 0. The highest BCUT2D eigenvalue weighted by molar-refractivity contribution is 5.72. The third-order valence-electron chi connectivity index (χ3n) is 3.59. The largest absolute Gasteiger partial charge is 0.466 e. The van der Waals surface area contributed by atoms with Gasteiger partial charge in [0.15, 0.2) is 0 Å². The first-order valence-corrected chi connectivity index (χ1v) is 6.92. The molecule has 0 radical (unpaired) electrons. The predicted molar refractivity (Wildman–Crippen MR) is 75.2 cm³/mol. The number of carbonyl (C=O) groups excluding carboxylic acids is 1. The molecule has 0 aromatic carbocycles. The van der Waals surface area contributed by atoms with Gasteiger partial charge in [0.05, 0.1) is 12.5 Å². The molecule has 0 saturated heterocycles. The number of carbonyl (C=O) groups is 1. The van der Waals surface area contributed by atoms with Gasteiger partial charge in [-0.15, -0.1) is 0 Å². The van der Waals surface area contributed by atoms with Gasteiger partial charge in [-0.2, -0.15) is 0 Å². The predicted octanol–water partition coefficient (Wildman–Crippen LogP) is 4.34. The second kappa shape index (κ2) is 7.93. The summed E-state index contributed by atoms with van der Waals surface area (Å²) in [4.78, 5) is 11.6. The lowest BCUT2D eigenvalue weighted by atomic mass is 9.82. The van der Waals surface area contributed by atoms with Crippen LogP contribution in [0.5, 0.6) is 0 Å². The van der Waals surface area contributed by atoms with Gasteiger partial charge in [0.1, 0.15) is 5.83 Å². The van der Waals surface area contributed by atoms with Crippen LogP contribution in [0.1, 0.15) is 39.5 Å². The van der Waals surface area contributed by atoms with Crippen LogP contribution in [0.25, 0.3) is 0 Å². The highest BCUT2D eigenvalue weighted by Gasteiger charge is 2.25. The molecule has 3 heteroatoms. The van der Waals surface area contributed by atoms with Gasteiger partial charge in [-0.1, -0.05) is 18.7 Å². The Morgan fingerprint density at radius 2 is 2.00 bits per heavy atom. The van der Waals surface area contributed by atoms with E-state index in [1.807, 2.05) is 13.0 Å². The van der Waals surface area contributed by atoms with E-state index in [9.17, 15) is 9.18 Å². The van der Waals surface area contributed by atoms with E-state index in [1.165, 1.54) is 12.2 Å². The molecular weight excluding hydrogens is 243 g/mol. The van der Waals surface area contributed by atoms with Gasteiger partial charge in [0, 0.05) is 0 Å². The van der Waals surface area contributed by atoms with E-state index in [0.29, 0.717) is 18.1 Å². The summed E-state index contributed by atoms with van der Waals surface area (Å²) < 4.78 is 18.5. The Bertz CT molecular complexity index is 374. The summed E-state index contributed by atoms with van der Waals surface area (Å²) in [5.41, 5.74) is 0.552. The average molecular weight is 266 g/mol. The number of rotatable bonds is 5. The van der Waals surface area contributed by atoms with Gasteiger partial charge in [-0.25, -0.2) is 4.39 Å². The van der Waals surface area contributed by atoms with Crippen LogP contribution in [0.4, 0.5) is 4.39 Å². The molecule has 1 saturated carbocycles. The van der Waals surface area contributed by atoms with Crippen molar-refractivity contribution in [1.29, 1.82) is 0 Å². The zero-order valence-corrected chi connectivity index (χ0v) is 11.8. The summed E-state index contributed by atoms with van der Waals surface area (Å²) in [7, 11) is 0. The van der Waals surface area contributed by atoms with Crippen molar-refractivity contribution in [2.75, 3.05) is 6.61 Å². The Morgan fingerprint density at radius 3 is 2.53 bits per heavy atom. The topological polar surface area (TPSA) is 26.3 Å². The molecule has 0 amide bonds. The number of hydrogen-bond acceptors (Lipinski definition) is 2. The Kier molecular flexibility index (Phi) is 6.54. The SMILES string of the molecule is C=CC(C)=C(F)C=CC1CCC(C(=O)OCC)CC1. The van der Waals surface area contributed by atoms with Crippen molar-refractivity contribution < 1.29 is 13.9 Å². The first-order chi connectivity index (χ1) is 9.08. The highest BCUT2D eigenvalue weighted by Crippen LogP contribution is 2.30. The van der Waals surface area contributed by atoms with E-state index in [4.69, 9.17) is 4.74 Å². The zero-order valence-electron chi connectivity index (χ0n) is 11.8. The first-order valence-electron chi connectivity index (χ1n) is 6.92. The van der Waals surface area contributed by atoms with Crippen molar-refractivity contribution in [3.8, 4) is 0 Å². The van der Waals surface area contributed by atoms with Gasteiger partial charge in [-0.05, 0) is 57.1 Å².